The van der Waals surface area contributed by atoms with Crippen molar-refractivity contribution in [3.05, 3.63) is 17.5 Å². The van der Waals surface area contributed by atoms with Gasteiger partial charge in [-0.05, 0) is 19.9 Å². The Morgan fingerprint density at radius 2 is 1.92 bits per heavy atom. The van der Waals surface area contributed by atoms with Gasteiger partial charge >= 0.3 is 14.4 Å². The molecule has 1 rings (SSSR count). The molecule has 3 heteroatoms. The summed E-state index contributed by atoms with van der Waals surface area (Å²) in [7, 11) is 0. The number of aryl methyl sites for hydroxylation is 2. The molecule has 0 aliphatic rings. The van der Waals surface area contributed by atoms with Crippen molar-refractivity contribution in [2.24, 2.45) is 0 Å². The summed E-state index contributed by atoms with van der Waals surface area (Å²) in [6.45, 7) is 8.78. The molecule has 1 aromatic rings. The molecule has 66 valence electrons. The van der Waals surface area contributed by atoms with Crippen LogP contribution in [0.1, 0.15) is 25.2 Å². The molecule has 0 aromatic carbocycles. The van der Waals surface area contributed by atoms with Crippen molar-refractivity contribution in [2.75, 3.05) is 0 Å². The first kappa shape index (κ1) is 9.83. The van der Waals surface area contributed by atoms with Crippen molar-refractivity contribution in [2.45, 2.75) is 38.3 Å². The highest BCUT2D eigenvalue weighted by Gasteiger charge is 2.18. The first-order valence-electron chi connectivity index (χ1n) is 4.71. The van der Waals surface area contributed by atoms with Gasteiger partial charge in [0.1, 0.15) is 0 Å². The van der Waals surface area contributed by atoms with E-state index in [9.17, 15) is 0 Å². The lowest BCUT2D eigenvalue weighted by molar-refractivity contribution is 0.881. The molecular formula is C9H17AlN2. The smallest absolute Gasteiger partial charge is 0.362 e. The number of rotatable bonds is 3. The first-order chi connectivity index (χ1) is 5.69. The average molecular weight is 180 g/mol. The fourth-order valence-electron chi connectivity index (χ4n) is 1.65. The molecule has 0 fully saturated rings. The van der Waals surface area contributed by atoms with Crippen LogP contribution in [0.2, 0.25) is 10.6 Å². The predicted octanol–water partition coefficient (Wildman–Crippen LogP) is 2.38. The van der Waals surface area contributed by atoms with E-state index < -0.39 is 14.4 Å². The molecule has 0 unspecified atom stereocenters. The van der Waals surface area contributed by atoms with E-state index in [0.29, 0.717) is 0 Å². The second kappa shape index (κ2) is 4.11. The summed E-state index contributed by atoms with van der Waals surface area (Å²) >= 11 is -0.763. The summed E-state index contributed by atoms with van der Waals surface area (Å²) in [6.07, 6.45) is 0. The lowest BCUT2D eigenvalue weighted by Crippen LogP contribution is -2.24. The van der Waals surface area contributed by atoms with Crippen LogP contribution in [-0.2, 0) is 0 Å². The van der Waals surface area contributed by atoms with Crippen molar-refractivity contribution in [1.82, 2.24) is 8.76 Å². The topological polar surface area (TPSA) is 17.8 Å². The number of hydrogen-bond acceptors (Lipinski definition) is 1. The van der Waals surface area contributed by atoms with E-state index in [-0.39, 0.29) is 0 Å². The van der Waals surface area contributed by atoms with Gasteiger partial charge in [-0.1, -0.05) is 24.4 Å². The van der Waals surface area contributed by atoms with Gasteiger partial charge in [-0.25, -0.2) is 5.10 Å². The van der Waals surface area contributed by atoms with Crippen molar-refractivity contribution in [3.63, 3.8) is 0 Å². The van der Waals surface area contributed by atoms with Gasteiger partial charge in [0, 0.05) is 5.69 Å². The van der Waals surface area contributed by atoms with E-state index in [1.165, 1.54) is 16.3 Å². The summed E-state index contributed by atoms with van der Waals surface area (Å²) in [5, 5.41) is 7.14. The van der Waals surface area contributed by atoms with Gasteiger partial charge in [-0.2, -0.15) is 0 Å². The Hall–Kier alpha value is -0.258. The van der Waals surface area contributed by atoms with Gasteiger partial charge in [0.2, 0.25) is 0 Å². The van der Waals surface area contributed by atoms with Gasteiger partial charge < -0.3 is 3.67 Å². The number of nitrogens with zero attached hydrogens (tertiary/aromatic N) is 2. The molecule has 0 amide bonds. The zero-order valence-electron chi connectivity index (χ0n) is 8.46. The number of hydrogen-bond donors (Lipinski definition) is 0. The van der Waals surface area contributed by atoms with Crippen LogP contribution < -0.4 is 0 Å². The SMILES string of the molecule is C[CH2][Al]([CH2]C)[n]1nc(C)cc1C. The fourth-order valence-corrected chi connectivity index (χ4v) is 3.92. The van der Waals surface area contributed by atoms with E-state index in [4.69, 9.17) is 0 Å². The second-order valence-corrected chi connectivity index (χ2v) is 6.77. The maximum absolute atomic E-state index is 4.53. The Balaban J connectivity index is 2.91. The van der Waals surface area contributed by atoms with Gasteiger partial charge in [-0.3, -0.25) is 0 Å². The summed E-state index contributed by atoms with van der Waals surface area (Å²) < 4.78 is 2.29. The second-order valence-electron chi connectivity index (χ2n) is 3.34. The summed E-state index contributed by atoms with van der Waals surface area (Å²) in [5.74, 6) is 0. The fraction of sp³-hybridized carbons (Fsp3) is 0.667. The third-order valence-electron chi connectivity index (χ3n) is 2.33. The standard InChI is InChI=1S/C5H7N2.2C2H5.Al/c1-4-3-5(2)7-6-4;2*1-2;/h3H,1-2H3;2*1H2,2H3;/q-1;;;+1. The Kier molecular flexibility index (Phi) is 3.37. The van der Waals surface area contributed by atoms with Gasteiger partial charge in [0.25, 0.3) is 0 Å². The molecular weight excluding hydrogens is 163 g/mol. The monoisotopic (exact) mass is 180 g/mol. The van der Waals surface area contributed by atoms with Crippen LogP contribution in [0.3, 0.4) is 0 Å². The highest BCUT2D eigenvalue weighted by Crippen LogP contribution is 2.07. The van der Waals surface area contributed by atoms with E-state index >= 15 is 0 Å². The van der Waals surface area contributed by atoms with E-state index in [1.54, 1.807) is 0 Å². The predicted molar refractivity (Wildman–Crippen MR) is 53.8 cm³/mol. The van der Waals surface area contributed by atoms with E-state index in [2.05, 4.69) is 42.5 Å². The Morgan fingerprint density at radius 1 is 1.33 bits per heavy atom. The van der Waals surface area contributed by atoms with Crippen molar-refractivity contribution in [3.8, 4) is 0 Å². The lowest BCUT2D eigenvalue weighted by atomic mass is 10.4. The average Bonchev–Trinajstić information content (AvgIpc) is 2.34. The van der Waals surface area contributed by atoms with Crippen LogP contribution in [0, 0.1) is 13.8 Å². The molecule has 0 bridgehead atoms. The minimum Gasteiger partial charge on any atom is -0.362 e. The van der Waals surface area contributed by atoms with E-state index in [0.717, 1.165) is 5.69 Å². The van der Waals surface area contributed by atoms with Crippen LogP contribution in [-0.4, -0.2) is 23.1 Å². The normalized spacial score (nSPS) is 10.3. The molecule has 0 aliphatic carbocycles. The van der Waals surface area contributed by atoms with Gasteiger partial charge in [-0.15, -0.1) is 0 Å². The summed E-state index contributed by atoms with van der Waals surface area (Å²) in [6, 6.07) is 2.17. The van der Waals surface area contributed by atoms with Gasteiger partial charge in [0.15, 0.2) is 0 Å². The van der Waals surface area contributed by atoms with E-state index in [1.807, 2.05) is 0 Å². The zero-order valence-corrected chi connectivity index (χ0v) is 9.62. The lowest BCUT2D eigenvalue weighted by Gasteiger charge is -2.09. The third kappa shape index (κ3) is 1.91. The first-order valence-corrected chi connectivity index (χ1v) is 6.86. The van der Waals surface area contributed by atoms with Crippen molar-refractivity contribution in [1.29, 1.82) is 0 Å². The van der Waals surface area contributed by atoms with Crippen LogP contribution >= 0.6 is 0 Å². The van der Waals surface area contributed by atoms with Crippen molar-refractivity contribution >= 4 is 14.4 Å². The van der Waals surface area contributed by atoms with Crippen LogP contribution in [0.5, 0.6) is 0 Å². The molecule has 0 spiro atoms. The maximum atomic E-state index is 4.53. The maximum Gasteiger partial charge on any atom is 0.443 e. The zero-order chi connectivity index (χ0) is 9.14. The summed E-state index contributed by atoms with van der Waals surface area (Å²) in [4.78, 5) is 0. The largest absolute Gasteiger partial charge is 0.443 e. The highest BCUT2D eigenvalue weighted by atomic mass is 27.2. The highest BCUT2D eigenvalue weighted by molar-refractivity contribution is 6.56. The van der Waals surface area contributed by atoms with Crippen LogP contribution in [0.15, 0.2) is 6.07 Å². The molecule has 12 heavy (non-hydrogen) atoms. The Morgan fingerprint density at radius 3 is 2.25 bits per heavy atom. The third-order valence-corrected chi connectivity index (χ3v) is 5.43. The van der Waals surface area contributed by atoms with Crippen LogP contribution in [0.4, 0.5) is 0 Å². The molecule has 1 aromatic heterocycles. The number of aromatic nitrogens is 2. The van der Waals surface area contributed by atoms with Crippen molar-refractivity contribution < 1.29 is 0 Å². The molecule has 0 saturated carbocycles. The van der Waals surface area contributed by atoms with Crippen LogP contribution in [0.25, 0.3) is 0 Å². The van der Waals surface area contributed by atoms with Gasteiger partial charge in [0.05, 0.1) is 5.69 Å². The molecule has 0 N–H and O–H groups in total. The Labute approximate surface area is 79.2 Å². The molecule has 0 saturated heterocycles. The minimum absolute atomic E-state index is 0.763. The molecule has 0 radical (unpaired) electrons. The minimum atomic E-state index is -0.763. The molecule has 1 heterocycles. The summed E-state index contributed by atoms with van der Waals surface area (Å²) in [5.41, 5.74) is 2.50. The molecule has 0 aliphatic heterocycles. The Bertz CT molecular complexity index is 251. The molecule has 2 nitrogen and oxygen atoms in total. The molecule has 0 atom stereocenters. The quantitative estimate of drug-likeness (QED) is 0.653.